The topological polar surface area (TPSA) is 47.3 Å². The highest BCUT2D eigenvalue weighted by Crippen LogP contribution is 2.25. The van der Waals surface area contributed by atoms with Crippen molar-refractivity contribution in [3.8, 4) is 0 Å². The third kappa shape index (κ3) is 2.24. The molecule has 1 fully saturated rings. The van der Waals surface area contributed by atoms with E-state index in [1.807, 2.05) is 18.2 Å². The van der Waals surface area contributed by atoms with Crippen LogP contribution in [0.15, 0.2) is 24.3 Å². The number of hydrogen-bond acceptors (Lipinski definition) is 4. The Morgan fingerprint density at radius 3 is 3.12 bits per heavy atom. The number of nitrogens with one attached hydrogen (secondary N) is 1. The molecule has 1 heterocycles. The number of benzene rings is 1. The second-order valence-electron chi connectivity index (χ2n) is 4.36. The maximum atomic E-state index is 5.79. The van der Waals surface area contributed by atoms with E-state index in [0.29, 0.717) is 13.2 Å². The highest BCUT2D eigenvalue weighted by molar-refractivity contribution is 7.79. The minimum absolute atomic E-state index is 0.121. The average molecular weight is 236 g/mol. The van der Waals surface area contributed by atoms with Crippen LogP contribution in [0.3, 0.4) is 0 Å². The van der Waals surface area contributed by atoms with Gasteiger partial charge in [0.2, 0.25) is 0 Å². The molecule has 0 bridgehead atoms. The van der Waals surface area contributed by atoms with Crippen molar-refractivity contribution in [2.45, 2.75) is 18.5 Å². The molecule has 1 saturated heterocycles. The van der Waals surface area contributed by atoms with Crippen LogP contribution in [0.25, 0.3) is 0 Å². The molecule has 2 unspecified atom stereocenters. The molecule has 2 rings (SSSR count). The summed E-state index contributed by atoms with van der Waals surface area (Å²) in [5, 5.41) is 5.19. The number of thiocarbonyl (C=S) groups is 1. The van der Waals surface area contributed by atoms with E-state index >= 15 is 0 Å². The molecule has 0 radical (unpaired) electrons. The summed E-state index contributed by atoms with van der Waals surface area (Å²) in [6.45, 7) is 3.38. The van der Waals surface area contributed by atoms with Gasteiger partial charge in [-0.25, -0.2) is 0 Å². The Bertz CT molecular complexity index is 396. The summed E-state index contributed by atoms with van der Waals surface area (Å²) >= 11 is 4.96. The van der Waals surface area contributed by atoms with E-state index in [4.69, 9.17) is 22.7 Å². The fourth-order valence-electron chi connectivity index (χ4n) is 2.00. The average Bonchev–Trinajstić information content (AvgIpc) is 2.29. The van der Waals surface area contributed by atoms with Gasteiger partial charge in [0, 0.05) is 5.69 Å². The lowest BCUT2D eigenvalue weighted by atomic mass is 9.90. The van der Waals surface area contributed by atoms with E-state index < -0.39 is 0 Å². The van der Waals surface area contributed by atoms with E-state index in [1.165, 1.54) is 0 Å². The molecule has 1 aromatic carbocycles. The molecular weight excluding hydrogens is 220 g/mol. The fourth-order valence-corrected chi connectivity index (χ4v) is 2.15. The van der Waals surface area contributed by atoms with Crippen molar-refractivity contribution in [2.75, 3.05) is 18.9 Å². The van der Waals surface area contributed by atoms with E-state index in [1.54, 1.807) is 5.37 Å². The van der Waals surface area contributed by atoms with Crippen molar-refractivity contribution in [1.82, 2.24) is 5.32 Å². The number of morpholine rings is 1. The largest absolute Gasteiger partial charge is 0.399 e. The lowest BCUT2D eigenvalue weighted by Crippen LogP contribution is -2.55. The van der Waals surface area contributed by atoms with Gasteiger partial charge in [0.1, 0.15) is 0 Å². The third-order valence-electron chi connectivity index (χ3n) is 2.88. The normalized spacial score (nSPS) is 29.9. The van der Waals surface area contributed by atoms with E-state index in [-0.39, 0.29) is 11.6 Å². The molecule has 0 aliphatic carbocycles. The minimum Gasteiger partial charge on any atom is -0.399 e. The first-order chi connectivity index (χ1) is 7.64. The van der Waals surface area contributed by atoms with Crippen LogP contribution in [0.4, 0.5) is 5.69 Å². The van der Waals surface area contributed by atoms with Gasteiger partial charge >= 0.3 is 0 Å². The fraction of sp³-hybridized carbons (Fsp3) is 0.417. The maximum absolute atomic E-state index is 5.79. The number of ether oxygens (including phenoxy) is 1. The number of nitrogen functional groups attached to an aromatic ring is 1. The Morgan fingerprint density at radius 2 is 2.44 bits per heavy atom. The molecule has 0 amide bonds. The van der Waals surface area contributed by atoms with Crippen LogP contribution in [0.2, 0.25) is 0 Å². The van der Waals surface area contributed by atoms with Crippen LogP contribution in [-0.2, 0) is 10.3 Å². The van der Waals surface area contributed by atoms with Gasteiger partial charge in [0.05, 0.1) is 24.8 Å². The molecule has 0 spiro atoms. The zero-order valence-corrected chi connectivity index (χ0v) is 10.1. The molecular formula is C12H16N2OS. The van der Waals surface area contributed by atoms with Crippen LogP contribution in [-0.4, -0.2) is 24.6 Å². The molecule has 3 nitrogen and oxygen atoms in total. The molecule has 2 atom stereocenters. The van der Waals surface area contributed by atoms with E-state index in [0.717, 1.165) is 11.3 Å². The Balaban J connectivity index is 2.27. The SMILES string of the molecule is CC1(c2cccc(N)c2)COCC(C=S)N1. The van der Waals surface area contributed by atoms with E-state index in [9.17, 15) is 0 Å². The monoisotopic (exact) mass is 236 g/mol. The quantitative estimate of drug-likeness (QED) is 0.603. The Hall–Kier alpha value is -0.970. The molecule has 16 heavy (non-hydrogen) atoms. The van der Waals surface area contributed by atoms with Crippen molar-refractivity contribution >= 4 is 23.3 Å². The van der Waals surface area contributed by atoms with Gasteiger partial charge in [-0.2, -0.15) is 0 Å². The summed E-state index contributed by atoms with van der Waals surface area (Å²) in [6, 6.07) is 7.99. The van der Waals surface area contributed by atoms with Crippen molar-refractivity contribution in [3.05, 3.63) is 29.8 Å². The summed E-state index contributed by atoms with van der Waals surface area (Å²) in [4.78, 5) is 0. The Labute approximate surface area is 101 Å². The van der Waals surface area contributed by atoms with Gasteiger partial charge in [-0.05, 0) is 30.0 Å². The van der Waals surface area contributed by atoms with Gasteiger partial charge in [-0.1, -0.05) is 24.4 Å². The second kappa shape index (κ2) is 4.49. The van der Waals surface area contributed by atoms with Gasteiger partial charge in [0.25, 0.3) is 0 Å². The molecule has 0 aromatic heterocycles. The first-order valence-corrected chi connectivity index (χ1v) is 5.78. The molecule has 4 heteroatoms. The van der Waals surface area contributed by atoms with Gasteiger partial charge in [0.15, 0.2) is 0 Å². The van der Waals surface area contributed by atoms with Gasteiger partial charge < -0.3 is 10.5 Å². The highest BCUT2D eigenvalue weighted by atomic mass is 32.1. The lowest BCUT2D eigenvalue weighted by molar-refractivity contribution is 0.0217. The predicted octanol–water partition coefficient (Wildman–Crippen LogP) is 1.47. The summed E-state index contributed by atoms with van der Waals surface area (Å²) in [6.07, 6.45) is 0. The lowest BCUT2D eigenvalue weighted by Gasteiger charge is -2.38. The van der Waals surface area contributed by atoms with Crippen molar-refractivity contribution in [1.29, 1.82) is 0 Å². The van der Waals surface area contributed by atoms with Crippen LogP contribution >= 0.6 is 12.2 Å². The van der Waals surface area contributed by atoms with Crippen molar-refractivity contribution < 1.29 is 4.74 Å². The predicted molar refractivity (Wildman–Crippen MR) is 69.6 cm³/mol. The molecule has 1 aliphatic heterocycles. The smallest absolute Gasteiger partial charge is 0.0688 e. The molecule has 1 aromatic rings. The summed E-state index contributed by atoms with van der Waals surface area (Å²) in [7, 11) is 0. The molecule has 86 valence electrons. The zero-order chi connectivity index (χ0) is 11.6. The van der Waals surface area contributed by atoms with Gasteiger partial charge in [-0.15, -0.1) is 0 Å². The first-order valence-electron chi connectivity index (χ1n) is 5.31. The zero-order valence-electron chi connectivity index (χ0n) is 9.27. The summed E-state index contributed by atoms with van der Waals surface area (Å²) in [5.41, 5.74) is 7.48. The number of anilines is 1. The third-order valence-corrected chi connectivity index (χ3v) is 3.21. The van der Waals surface area contributed by atoms with Crippen LogP contribution < -0.4 is 11.1 Å². The van der Waals surface area contributed by atoms with Crippen LogP contribution in [0.5, 0.6) is 0 Å². The van der Waals surface area contributed by atoms with Crippen molar-refractivity contribution in [2.24, 2.45) is 0 Å². The minimum atomic E-state index is -0.215. The van der Waals surface area contributed by atoms with Gasteiger partial charge in [-0.3, -0.25) is 5.32 Å². The number of hydrogen-bond donors (Lipinski definition) is 2. The second-order valence-corrected chi connectivity index (χ2v) is 4.63. The Kier molecular flexibility index (Phi) is 3.23. The number of nitrogens with two attached hydrogens (primary N) is 1. The van der Waals surface area contributed by atoms with Crippen LogP contribution in [0, 0.1) is 0 Å². The highest BCUT2D eigenvalue weighted by Gasteiger charge is 2.32. The first kappa shape index (κ1) is 11.5. The molecule has 1 aliphatic rings. The maximum Gasteiger partial charge on any atom is 0.0688 e. The van der Waals surface area contributed by atoms with E-state index in [2.05, 4.69) is 18.3 Å². The summed E-state index contributed by atoms with van der Waals surface area (Å²) < 4.78 is 5.58. The standard InChI is InChI=1S/C12H16N2OS/c1-12(8-15-6-11(7-16)14-12)9-3-2-4-10(13)5-9/h2-5,7,11,14H,6,8,13H2,1H3. The summed E-state index contributed by atoms with van der Waals surface area (Å²) in [5.74, 6) is 0. The molecule has 0 saturated carbocycles. The molecule has 3 N–H and O–H groups in total. The van der Waals surface area contributed by atoms with Crippen molar-refractivity contribution in [3.63, 3.8) is 0 Å². The Morgan fingerprint density at radius 1 is 1.62 bits per heavy atom. The number of rotatable bonds is 2. The van der Waals surface area contributed by atoms with Crippen LogP contribution in [0.1, 0.15) is 12.5 Å².